The van der Waals surface area contributed by atoms with Gasteiger partial charge in [0.15, 0.2) is 5.17 Å². The van der Waals surface area contributed by atoms with Crippen molar-refractivity contribution in [2.75, 3.05) is 22.9 Å². The Hall–Kier alpha value is -3.12. The van der Waals surface area contributed by atoms with Gasteiger partial charge in [0.2, 0.25) is 0 Å². The highest BCUT2D eigenvalue weighted by Gasteiger charge is 2.32. The third kappa shape index (κ3) is 5.03. The quantitative estimate of drug-likeness (QED) is 0.652. The first kappa shape index (κ1) is 20.6. The minimum atomic E-state index is -0.769. The Labute approximate surface area is 172 Å². The second-order valence-corrected chi connectivity index (χ2v) is 7.65. The molecule has 0 saturated heterocycles. The molecule has 0 aliphatic carbocycles. The second kappa shape index (κ2) is 8.92. The molecule has 0 unspecified atom stereocenters. The summed E-state index contributed by atoms with van der Waals surface area (Å²) in [6.45, 7) is 4.03. The van der Waals surface area contributed by atoms with Crippen molar-refractivity contribution in [3.63, 3.8) is 0 Å². The fourth-order valence-corrected chi connectivity index (χ4v) is 3.83. The van der Waals surface area contributed by atoms with Gasteiger partial charge in [-0.2, -0.15) is 0 Å². The van der Waals surface area contributed by atoms with E-state index in [1.54, 1.807) is 13.0 Å². The monoisotopic (exact) mass is 412 g/mol. The number of hydrogen-bond donors (Lipinski definition) is 3. The summed E-state index contributed by atoms with van der Waals surface area (Å²) in [5, 5.41) is 6.14. The van der Waals surface area contributed by atoms with E-state index in [2.05, 4.69) is 37.4 Å². The van der Waals surface area contributed by atoms with E-state index in [0.717, 1.165) is 5.75 Å². The van der Waals surface area contributed by atoms with Gasteiger partial charge in [-0.1, -0.05) is 17.7 Å². The zero-order chi connectivity index (χ0) is 20.9. The van der Waals surface area contributed by atoms with Crippen molar-refractivity contribution in [2.24, 2.45) is 10.7 Å². The van der Waals surface area contributed by atoms with Crippen molar-refractivity contribution in [1.29, 1.82) is 0 Å². The van der Waals surface area contributed by atoms with Crippen LogP contribution in [0.1, 0.15) is 36.3 Å². The fourth-order valence-electron chi connectivity index (χ4n) is 2.85. The summed E-state index contributed by atoms with van der Waals surface area (Å²) in [6.07, 6.45) is 3.47. The Morgan fingerprint density at radius 1 is 1.38 bits per heavy atom. The van der Waals surface area contributed by atoms with Crippen molar-refractivity contribution in [1.82, 2.24) is 9.97 Å². The van der Waals surface area contributed by atoms with Crippen LogP contribution in [0, 0.1) is 17.7 Å². The predicted octanol–water partition coefficient (Wildman–Crippen LogP) is 2.97. The maximum Gasteiger partial charge on any atom is 0.275 e. The van der Waals surface area contributed by atoms with Crippen LogP contribution in [0.25, 0.3) is 0 Å². The lowest BCUT2D eigenvalue weighted by atomic mass is 9.89. The Morgan fingerprint density at radius 2 is 2.21 bits per heavy atom. The van der Waals surface area contributed by atoms with Crippen molar-refractivity contribution in [3.05, 3.63) is 47.7 Å². The molecule has 7 nitrogen and oxygen atoms in total. The SMILES string of the molecule is CC#CCNc1cnc(C(=O)Nc2ccc(F)c([C@]3(C)CCSC(N)=N3)c2)cn1. The van der Waals surface area contributed by atoms with Crippen LogP contribution in [-0.4, -0.2) is 33.3 Å². The van der Waals surface area contributed by atoms with E-state index in [9.17, 15) is 9.18 Å². The lowest BCUT2D eigenvalue weighted by molar-refractivity contribution is 0.102. The summed E-state index contributed by atoms with van der Waals surface area (Å²) in [5.41, 5.74) is 6.05. The van der Waals surface area contributed by atoms with Crippen LogP contribution in [0.2, 0.25) is 0 Å². The molecule has 29 heavy (non-hydrogen) atoms. The van der Waals surface area contributed by atoms with E-state index in [0.29, 0.717) is 35.2 Å². The summed E-state index contributed by atoms with van der Waals surface area (Å²) < 4.78 is 14.5. The molecule has 0 bridgehead atoms. The Kier molecular flexibility index (Phi) is 6.34. The van der Waals surface area contributed by atoms with Gasteiger partial charge in [0.25, 0.3) is 5.91 Å². The van der Waals surface area contributed by atoms with Crippen LogP contribution in [0.3, 0.4) is 0 Å². The number of amides is 1. The van der Waals surface area contributed by atoms with Crippen molar-refractivity contribution < 1.29 is 9.18 Å². The highest BCUT2D eigenvalue weighted by molar-refractivity contribution is 8.13. The van der Waals surface area contributed by atoms with Gasteiger partial charge in [0, 0.05) is 17.0 Å². The molecule has 1 atom stereocenters. The number of thioether (sulfide) groups is 1. The minimum Gasteiger partial charge on any atom is -0.379 e. The second-order valence-electron chi connectivity index (χ2n) is 6.54. The number of aromatic nitrogens is 2. The minimum absolute atomic E-state index is 0.144. The lowest BCUT2D eigenvalue weighted by Gasteiger charge is -2.30. The summed E-state index contributed by atoms with van der Waals surface area (Å²) in [5.74, 6) is 6.06. The molecular formula is C20H21FN6OS. The lowest BCUT2D eigenvalue weighted by Crippen LogP contribution is -2.29. The average molecular weight is 412 g/mol. The van der Waals surface area contributed by atoms with Crippen LogP contribution in [0.5, 0.6) is 0 Å². The van der Waals surface area contributed by atoms with E-state index in [-0.39, 0.29) is 11.5 Å². The Morgan fingerprint density at radius 3 is 2.90 bits per heavy atom. The predicted molar refractivity (Wildman–Crippen MR) is 114 cm³/mol. The number of halogens is 1. The van der Waals surface area contributed by atoms with Gasteiger partial charge >= 0.3 is 0 Å². The van der Waals surface area contributed by atoms with E-state index in [4.69, 9.17) is 5.73 Å². The van der Waals surface area contributed by atoms with E-state index in [1.807, 2.05) is 6.92 Å². The number of nitrogens with zero attached hydrogens (tertiary/aromatic N) is 3. The molecule has 0 spiro atoms. The Balaban J connectivity index is 1.75. The van der Waals surface area contributed by atoms with Crippen LogP contribution in [-0.2, 0) is 5.54 Å². The fraction of sp³-hybridized carbons (Fsp3) is 0.300. The number of rotatable bonds is 5. The number of amidine groups is 1. The third-order valence-corrected chi connectivity index (χ3v) is 5.21. The van der Waals surface area contributed by atoms with Gasteiger partial charge in [-0.3, -0.25) is 9.79 Å². The smallest absolute Gasteiger partial charge is 0.275 e. The first-order valence-corrected chi connectivity index (χ1v) is 9.95. The van der Waals surface area contributed by atoms with Gasteiger partial charge in [0.1, 0.15) is 17.3 Å². The highest BCUT2D eigenvalue weighted by Crippen LogP contribution is 2.37. The molecule has 3 rings (SSSR count). The van der Waals surface area contributed by atoms with Gasteiger partial charge in [-0.15, -0.1) is 5.92 Å². The first-order valence-electron chi connectivity index (χ1n) is 8.96. The molecule has 0 saturated carbocycles. The topological polar surface area (TPSA) is 105 Å². The number of nitrogens with one attached hydrogen (secondary N) is 2. The normalized spacial score (nSPS) is 18.2. The summed E-state index contributed by atoms with van der Waals surface area (Å²) in [6, 6.07) is 4.40. The molecule has 2 heterocycles. The summed E-state index contributed by atoms with van der Waals surface area (Å²) in [4.78, 5) is 25.2. The average Bonchev–Trinajstić information content (AvgIpc) is 2.70. The molecule has 1 aromatic carbocycles. The Bertz CT molecular complexity index is 998. The standard InChI is InChI=1S/C20H21FN6OS/c1-3-4-8-23-17-12-24-16(11-25-17)18(28)26-13-5-6-15(21)14(10-13)20(2)7-9-29-19(22)27-20/h5-6,10-12H,7-9H2,1-2H3,(H2,22,27)(H,23,25)(H,26,28)/t20-/m0/s1. The van der Waals surface area contributed by atoms with Gasteiger partial charge in [-0.25, -0.2) is 14.4 Å². The van der Waals surface area contributed by atoms with Crippen LogP contribution in [0.4, 0.5) is 15.9 Å². The largest absolute Gasteiger partial charge is 0.379 e. The molecule has 150 valence electrons. The number of nitrogens with two attached hydrogens (primary N) is 1. The molecule has 4 N–H and O–H groups in total. The van der Waals surface area contributed by atoms with Crippen molar-refractivity contribution in [2.45, 2.75) is 25.8 Å². The van der Waals surface area contributed by atoms with Gasteiger partial charge in [-0.05, 0) is 38.5 Å². The molecule has 2 aromatic rings. The summed E-state index contributed by atoms with van der Waals surface area (Å²) >= 11 is 1.45. The molecule has 1 aliphatic rings. The number of anilines is 2. The van der Waals surface area contributed by atoms with Crippen LogP contribution in [0.15, 0.2) is 35.6 Å². The highest BCUT2D eigenvalue weighted by atomic mass is 32.2. The maximum atomic E-state index is 14.5. The number of carbonyl (C=O) groups is 1. The van der Waals surface area contributed by atoms with Crippen molar-refractivity contribution >= 4 is 34.3 Å². The van der Waals surface area contributed by atoms with Crippen LogP contribution < -0.4 is 16.4 Å². The van der Waals surface area contributed by atoms with E-state index < -0.39 is 11.4 Å². The maximum absolute atomic E-state index is 14.5. The van der Waals surface area contributed by atoms with Gasteiger partial charge < -0.3 is 16.4 Å². The molecule has 1 amide bonds. The molecule has 0 fully saturated rings. The van der Waals surface area contributed by atoms with E-state index in [1.165, 1.54) is 36.3 Å². The third-order valence-electron chi connectivity index (χ3n) is 4.42. The van der Waals surface area contributed by atoms with Crippen molar-refractivity contribution in [3.8, 4) is 11.8 Å². The molecule has 1 aromatic heterocycles. The first-order chi connectivity index (χ1) is 13.9. The molecular weight excluding hydrogens is 391 g/mol. The zero-order valence-corrected chi connectivity index (χ0v) is 16.9. The number of benzene rings is 1. The number of carbonyl (C=O) groups excluding carboxylic acids is 1. The van der Waals surface area contributed by atoms with Gasteiger partial charge in [0.05, 0.1) is 24.5 Å². The molecule has 9 heteroatoms. The number of hydrogen-bond acceptors (Lipinski definition) is 7. The molecule has 0 radical (unpaired) electrons. The molecule has 1 aliphatic heterocycles. The van der Waals surface area contributed by atoms with Crippen LogP contribution >= 0.6 is 11.8 Å². The number of aliphatic imine (C=N–C) groups is 1. The summed E-state index contributed by atoms with van der Waals surface area (Å²) in [7, 11) is 0. The zero-order valence-electron chi connectivity index (χ0n) is 16.1. The van der Waals surface area contributed by atoms with E-state index >= 15 is 0 Å².